The van der Waals surface area contributed by atoms with Crippen LogP contribution in [-0.4, -0.2) is 29.8 Å². The van der Waals surface area contributed by atoms with Gasteiger partial charge in [-0.1, -0.05) is 31.2 Å². The van der Waals surface area contributed by atoms with Gasteiger partial charge in [-0.2, -0.15) is 0 Å². The molecule has 4 heteroatoms. The lowest BCUT2D eigenvalue weighted by molar-refractivity contribution is -0.140. The topological polar surface area (TPSA) is 49.4 Å². The van der Waals surface area contributed by atoms with E-state index in [2.05, 4.69) is 36.5 Å². The largest absolute Gasteiger partial charge is 0.356 e. The number of piperidine rings is 1. The van der Waals surface area contributed by atoms with Crippen LogP contribution in [0.3, 0.4) is 0 Å². The van der Waals surface area contributed by atoms with Crippen LogP contribution in [0.4, 0.5) is 0 Å². The average Bonchev–Trinajstić information content (AvgIpc) is 3.46. The van der Waals surface area contributed by atoms with Crippen molar-refractivity contribution in [1.82, 2.24) is 10.2 Å². The summed E-state index contributed by atoms with van der Waals surface area (Å²) in [6.07, 6.45) is 4.74. The molecule has 2 amide bonds. The molecule has 2 fully saturated rings. The lowest BCUT2D eigenvalue weighted by atomic mass is 9.87. The van der Waals surface area contributed by atoms with E-state index < -0.39 is 0 Å². The molecule has 1 aliphatic carbocycles. The average molecular weight is 328 g/mol. The van der Waals surface area contributed by atoms with Gasteiger partial charge >= 0.3 is 0 Å². The number of amides is 2. The third kappa shape index (κ3) is 3.63. The standard InChI is InChI=1S/C20H28N2O2/c1-3-14-5-7-15(8-6-14)18-12-11-17(19(23)21-4-2)13-22(18)20(24)16-9-10-16/h5-8,16-18H,3-4,9-13H2,1-2H3,(H,21,23). The molecule has 1 saturated heterocycles. The molecule has 0 bridgehead atoms. The number of carbonyl (C=O) groups is 2. The predicted molar refractivity (Wildman–Crippen MR) is 94.4 cm³/mol. The molecule has 4 nitrogen and oxygen atoms in total. The van der Waals surface area contributed by atoms with Gasteiger partial charge in [0.25, 0.3) is 0 Å². The number of likely N-dealkylation sites (tertiary alicyclic amines) is 1. The summed E-state index contributed by atoms with van der Waals surface area (Å²) in [5.74, 6) is 0.452. The van der Waals surface area contributed by atoms with Crippen molar-refractivity contribution >= 4 is 11.8 Å². The molecule has 0 spiro atoms. The molecule has 2 aliphatic rings. The smallest absolute Gasteiger partial charge is 0.226 e. The van der Waals surface area contributed by atoms with E-state index in [-0.39, 0.29) is 29.7 Å². The highest BCUT2D eigenvalue weighted by atomic mass is 16.2. The Morgan fingerprint density at radius 1 is 1.04 bits per heavy atom. The Kier molecular flexibility index (Phi) is 5.22. The first-order valence-electron chi connectivity index (χ1n) is 9.31. The molecule has 0 radical (unpaired) electrons. The molecule has 1 N–H and O–H groups in total. The van der Waals surface area contributed by atoms with E-state index in [0.717, 1.165) is 32.1 Å². The Hall–Kier alpha value is -1.84. The predicted octanol–water partition coefficient (Wildman–Crippen LogP) is 3.07. The van der Waals surface area contributed by atoms with Gasteiger partial charge < -0.3 is 10.2 Å². The number of rotatable bonds is 5. The fraction of sp³-hybridized carbons (Fsp3) is 0.600. The maximum absolute atomic E-state index is 12.8. The molecular weight excluding hydrogens is 300 g/mol. The molecule has 3 rings (SSSR count). The third-order valence-electron chi connectivity index (χ3n) is 5.29. The maximum Gasteiger partial charge on any atom is 0.226 e. The van der Waals surface area contributed by atoms with E-state index in [4.69, 9.17) is 0 Å². The Morgan fingerprint density at radius 2 is 1.71 bits per heavy atom. The Bertz CT molecular complexity index is 592. The van der Waals surface area contributed by atoms with Crippen LogP contribution in [0.15, 0.2) is 24.3 Å². The molecule has 0 aromatic heterocycles. The number of aryl methyl sites for hydroxylation is 1. The van der Waals surface area contributed by atoms with E-state index >= 15 is 0 Å². The molecule has 130 valence electrons. The zero-order chi connectivity index (χ0) is 17.1. The van der Waals surface area contributed by atoms with Gasteiger partial charge in [0, 0.05) is 19.0 Å². The second kappa shape index (κ2) is 7.37. The zero-order valence-electron chi connectivity index (χ0n) is 14.8. The Balaban J connectivity index is 1.79. The SMILES string of the molecule is CCNC(=O)C1CCC(c2ccc(CC)cc2)N(C(=O)C2CC2)C1. The fourth-order valence-electron chi connectivity index (χ4n) is 3.63. The molecule has 2 atom stereocenters. The van der Waals surface area contributed by atoms with Crippen LogP contribution < -0.4 is 5.32 Å². The molecule has 2 unspecified atom stereocenters. The molecule has 1 saturated carbocycles. The number of hydrogen-bond donors (Lipinski definition) is 1. The van der Waals surface area contributed by atoms with Gasteiger partial charge in [0.05, 0.1) is 12.0 Å². The van der Waals surface area contributed by atoms with Crippen LogP contribution >= 0.6 is 0 Å². The van der Waals surface area contributed by atoms with Crippen LogP contribution in [0.2, 0.25) is 0 Å². The van der Waals surface area contributed by atoms with Gasteiger partial charge in [0.2, 0.25) is 11.8 Å². The molecule has 1 aromatic rings. The second-order valence-corrected chi connectivity index (χ2v) is 7.04. The van der Waals surface area contributed by atoms with Crippen LogP contribution in [0.1, 0.15) is 56.7 Å². The first kappa shape index (κ1) is 17.0. The summed E-state index contributed by atoms with van der Waals surface area (Å²) in [4.78, 5) is 27.0. The summed E-state index contributed by atoms with van der Waals surface area (Å²) in [6, 6.07) is 8.75. The lowest BCUT2D eigenvalue weighted by Crippen LogP contribution is -2.47. The fourth-order valence-corrected chi connectivity index (χ4v) is 3.63. The number of nitrogens with one attached hydrogen (secondary N) is 1. The van der Waals surface area contributed by atoms with E-state index in [0.29, 0.717) is 13.1 Å². The molecule has 1 heterocycles. The quantitative estimate of drug-likeness (QED) is 0.903. The van der Waals surface area contributed by atoms with E-state index in [9.17, 15) is 9.59 Å². The first-order chi connectivity index (χ1) is 11.6. The monoisotopic (exact) mass is 328 g/mol. The van der Waals surface area contributed by atoms with Crippen LogP contribution in [0.5, 0.6) is 0 Å². The van der Waals surface area contributed by atoms with Crippen LogP contribution in [0.25, 0.3) is 0 Å². The number of carbonyl (C=O) groups excluding carboxylic acids is 2. The van der Waals surface area contributed by atoms with Gasteiger partial charge in [0.15, 0.2) is 0 Å². The van der Waals surface area contributed by atoms with Gasteiger partial charge in [-0.05, 0) is 50.2 Å². The van der Waals surface area contributed by atoms with Crippen LogP contribution in [0, 0.1) is 11.8 Å². The molecular formula is C20H28N2O2. The Morgan fingerprint density at radius 3 is 2.29 bits per heavy atom. The first-order valence-corrected chi connectivity index (χ1v) is 9.31. The summed E-state index contributed by atoms with van der Waals surface area (Å²) < 4.78 is 0. The van der Waals surface area contributed by atoms with Crippen molar-refractivity contribution in [3.63, 3.8) is 0 Å². The highest BCUT2D eigenvalue weighted by Gasteiger charge is 2.41. The highest BCUT2D eigenvalue weighted by Crippen LogP contribution is 2.39. The van der Waals surface area contributed by atoms with Gasteiger partial charge in [0.1, 0.15) is 0 Å². The van der Waals surface area contributed by atoms with Crippen molar-refractivity contribution in [3.8, 4) is 0 Å². The zero-order valence-corrected chi connectivity index (χ0v) is 14.8. The lowest BCUT2D eigenvalue weighted by Gasteiger charge is -2.39. The molecule has 1 aliphatic heterocycles. The van der Waals surface area contributed by atoms with Crippen molar-refractivity contribution in [2.45, 2.75) is 52.0 Å². The van der Waals surface area contributed by atoms with Gasteiger partial charge in [-0.3, -0.25) is 9.59 Å². The van der Waals surface area contributed by atoms with E-state index in [1.807, 2.05) is 11.8 Å². The number of nitrogens with zero attached hydrogens (tertiary/aromatic N) is 1. The third-order valence-corrected chi connectivity index (χ3v) is 5.29. The maximum atomic E-state index is 12.8. The van der Waals surface area contributed by atoms with E-state index in [1.54, 1.807) is 0 Å². The summed E-state index contributed by atoms with van der Waals surface area (Å²) in [5, 5.41) is 2.91. The van der Waals surface area contributed by atoms with Crippen molar-refractivity contribution in [2.24, 2.45) is 11.8 Å². The summed E-state index contributed by atoms with van der Waals surface area (Å²) in [7, 11) is 0. The van der Waals surface area contributed by atoms with E-state index in [1.165, 1.54) is 11.1 Å². The minimum absolute atomic E-state index is 0.0705. The number of benzene rings is 1. The highest BCUT2D eigenvalue weighted by molar-refractivity contribution is 5.84. The van der Waals surface area contributed by atoms with Crippen molar-refractivity contribution in [3.05, 3.63) is 35.4 Å². The normalized spacial score (nSPS) is 23.8. The summed E-state index contributed by atoms with van der Waals surface area (Å²) in [5.41, 5.74) is 2.52. The molecule has 24 heavy (non-hydrogen) atoms. The summed E-state index contributed by atoms with van der Waals surface area (Å²) in [6.45, 7) is 5.29. The van der Waals surface area contributed by atoms with Gasteiger partial charge in [-0.25, -0.2) is 0 Å². The Labute approximate surface area is 144 Å². The molecule has 1 aromatic carbocycles. The van der Waals surface area contributed by atoms with Crippen molar-refractivity contribution in [2.75, 3.05) is 13.1 Å². The van der Waals surface area contributed by atoms with Crippen LogP contribution in [-0.2, 0) is 16.0 Å². The minimum atomic E-state index is -0.0705. The van der Waals surface area contributed by atoms with Crippen molar-refractivity contribution in [1.29, 1.82) is 0 Å². The second-order valence-electron chi connectivity index (χ2n) is 7.04. The van der Waals surface area contributed by atoms with Crippen molar-refractivity contribution < 1.29 is 9.59 Å². The van der Waals surface area contributed by atoms with Gasteiger partial charge in [-0.15, -0.1) is 0 Å². The minimum Gasteiger partial charge on any atom is -0.356 e. The summed E-state index contributed by atoms with van der Waals surface area (Å²) >= 11 is 0. The number of hydrogen-bond acceptors (Lipinski definition) is 2.